The highest BCUT2D eigenvalue weighted by Crippen LogP contribution is 2.28. The lowest BCUT2D eigenvalue weighted by Crippen LogP contribution is -2.23. The van der Waals surface area contributed by atoms with Crippen LogP contribution < -0.4 is 5.73 Å². The van der Waals surface area contributed by atoms with E-state index < -0.39 is 9.84 Å². The van der Waals surface area contributed by atoms with Gasteiger partial charge in [-0.2, -0.15) is 0 Å². The van der Waals surface area contributed by atoms with Gasteiger partial charge < -0.3 is 10.1 Å². The van der Waals surface area contributed by atoms with Gasteiger partial charge in [0.1, 0.15) is 5.65 Å². The van der Waals surface area contributed by atoms with Crippen molar-refractivity contribution < 1.29 is 8.42 Å². The summed E-state index contributed by atoms with van der Waals surface area (Å²) in [6.07, 6.45) is 5.36. The molecule has 0 amide bonds. The van der Waals surface area contributed by atoms with E-state index in [-0.39, 0.29) is 11.7 Å². The van der Waals surface area contributed by atoms with E-state index in [2.05, 4.69) is 4.98 Å². The zero-order valence-corrected chi connectivity index (χ0v) is 10.7. The van der Waals surface area contributed by atoms with Crippen molar-refractivity contribution >= 4 is 21.2 Å². The number of anilines is 1. The van der Waals surface area contributed by atoms with E-state index in [1.54, 1.807) is 12.1 Å². The van der Waals surface area contributed by atoms with Crippen molar-refractivity contribution in [2.24, 2.45) is 0 Å². The SMILES string of the molecule is Nc1ccn2cc(C3CCCS(=O)(=O)C3)nc2c1. The van der Waals surface area contributed by atoms with Gasteiger partial charge in [0, 0.05) is 30.1 Å². The lowest BCUT2D eigenvalue weighted by atomic mass is 10.0. The number of nitrogen functional groups attached to an aromatic ring is 1. The zero-order chi connectivity index (χ0) is 12.8. The highest BCUT2D eigenvalue weighted by molar-refractivity contribution is 7.91. The number of fused-ring (bicyclic) bond motifs is 1. The third-order valence-electron chi connectivity index (χ3n) is 3.38. The van der Waals surface area contributed by atoms with Crippen molar-refractivity contribution in [2.75, 3.05) is 17.2 Å². The predicted molar refractivity (Wildman–Crippen MR) is 70.2 cm³/mol. The largest absolute Gasteiger partial charge is 0.399 e. The maximum absolute atomic E-state index is 11.6. The summed E-state index contributed by atoms with van der Waals surface area (Å²) < 4.78 is 25.2. The molecule has 1 aliphatic heterocycles. The molecule has 6 heteroatoms. The van der Waals surface area contributed by atoms with E-state index in [4.69, 9.17) is 5.73 Å². The fourth-order valence-electron chi connectivity index (χ4n) is 2.47. The maximum Gasteiger partial charge on any atom is 0.150 e. The Morgan fingerprint density at radius 2 is 2.28 bits per heavy atom. The third-order valence-corrected chi connectivity index (χ3v) is 5.21. The van der Waals surface area contributed by atoms with Gasteiger partial charge in [0.25, 0.3) is 0 Å². The molecule has 0 bridgehead atoms. The summed E-state index contributed by atoms with van der Waals surface area (Å²) in [6, 6.07) is 3.59. The monoisotopic (exact) mass is 265 g/mol. The Bertz CT molecular complexity index is 690. The van der Waals surface area contributed by atoms with Crippen LogP contribution in [0.2, 0.25) is 0 Å². The summed E-state index contributed by atoms with van der Waals surface area (Å²) in [5.41, 5.74) is 7.99. The van der Waals surface area contributed by atoms with Gasteiger partial charge in [-0.15, -0.1) is 0 Å². The van der Waals surface area contributed by atoms with Gasteiger partial charge in [0.2, 0.25) is 0 Å². The standard InChI is InChI=1S/C12H15N3O2S/c13-10-3-4-15-7-11(14-12(15)6-10)9-2-1-5-18(16,17)8-9/h3-4,6-7,9H,1-2,5,8,13H2. The molecular weight excluding hydrogens is 250 g/mol. The van der Waals surface area contributed by atoms with Crippen LogP contribution >= 0.6 is 0 Å². The summed E-state index contributed by atoms with van der Waals surface area (Å²) >= 11 is 0. The molecule has 2 N–H and O–H groups in total. The first-order valence-corrected chi connectivity index (χ1v) is 7.80. The van der Waals surface area contributed by atoms with Crippen LogP contribution in [0.3, 0.4) is 0 Å². The molecule has 2 aromatic heterocycles. The molecule has 0 spiro atoms. The molecule has 96 valence electrons. The number of nitrogens with zero attached hydrogens (tertiary/aromatic N) is 2. The average molecular weight is 265 g/mol. The van der Waals surface area contributed by atoms with Crippen LogP contribution in [-0.2, 0) is 9.84 Å². The first-order valence-electron chi connectivity index (χ1n) is 5.98. The lowest BCUT2D eigenvalue weighted by molar-refractivity contribution is 0.550. The molecule has 1 atom stereocenters. The smallest absolute Gasteiger partial charge is 0.150 e. The molecular formula is C12H15N3O2S. The van der Waals surface area contributed by atoms with Gasteiger partial charge in [-0.3, -0.25) is 0 Å². The minimum Gasteiger partial charge on any atom is -0.399 e. The molecule has 1 saturated heterocycles. The Labute approximate surface area is 106 Å². The Kier molecular flexibility index (Phi) is 2.55. The molecule has 0 aromatic carbocycles. The van der Waals surface area contributed by atoms with Gasteiger partial charge in [-0.05, 0) is 18.9 Å². The molecule has 1 fully saturated rings. The molecule has 0 radical (unpaired) electrons. The number of rotatable bonds is 1. The Hall–Kier alpha value is -1.56. The van der Waals surface area contributed by atoms with E-state index in [1.165, 1.54) is 0 Å². The molecule has 3 heterocycles. The molecule has 1 aliphatic rings. The molecule has 18 heavy (non-hydrogen) atoms. The normalized spacial score (nSPS) is 23.2. The van der Waals surface area contributed by atoms with Crippen molar-refractivity contribution in [2.45, 2.75) is 18.8 Å². The van der Waals surface area contributed by atoms with Crippen LogP contribution in [0.15, 0.2) is 24.5 Å². The number of pyridine rings is 1. The summed E-state index contributed by atoms with van der Waals surface area (Å²) in [6.45, 7) is 0. The molecule has 2 aromatic rings. The van der Waals surface area contributed by atoms with Crippen molar-refractivity contribution in [3.63, 3.8) is 0 Å². The number of nitrogens with two attached hydrogens (primary N) is 1. The highest BCUT2D eigenvalue weighted by Gasteiger charge is 2.27. The summed E-state index contributed by atoms with van der Waals surface area (Å²) in [4.78, 5) is 4.48. The second-order valence-corrected chi connectivity index (χ2v) is 7.07. The van der Waals surface area contributed by atoms with Crippen LogP contribution in [0.1, 0.15) is 24.5 Å². The summed E-state index contributed by atoms with van der Waals surface area (Å²) in [5, 5.41) is 0. The quantitative estimate of drug-likeness (QED) is 0.840. The van der Waals surface area contributed by atoms with Gasteiger partial charge in [0.15, 0.2) is 9.84 Å². The van der Waals surface area contributed by atoms with Crippen molar-refractivity contribution in [1.82, 2.24) is 9.38 Å². The van der Waals surface area contributed by atoms with Crippen LogP contribution in [-0.4, -0.2) is 29.3 Å². The first kappa shape index (κ1) is 11.5. The minimum atomic E-state index is -2.90. The van der Waals surface area contributed by atoms with Crippen LogP contribution in [0.4, 0.5) is 5.69 Å². The second kappa shape index (κ2) is 3.98. The minimum absolute atomic E-state index is 0.0184. The fraction of sp³-hybridized carbons (Fsp3) is 0.417. The number of hydrogen-bond donors (Lipinski definition) is 1. The summed E-state index contributed by atoms with van der Waals surface area (Å²) in [7, 11) is -2.90. The van der Waals surface area contributed by atoms with Crippen LogP contribution in [0, 0.1) is 0 Å². The van der Waals surface area contributed by atoms with E-state index in [1.807, 2.05) is 16.8 Å². The number of aromatic nitrogens is 2. The van der Waals surface area contributed by atoms with Gasteiger partial charge in [0.05, 0.1) is 17.2 Å². The molecule has 5 nitrogen and oxygen atoms in total. The first-order chi connectivity index (χ1) is 8.53. The topological polar surface area (TPSA) is 77.5 Å². The third kappa shape index (κ3) is 2.08. The Morgan fingerprint density at radius 3 is 3.06 bits per heavy atom. The zero-order valence-electron chi connectivity index (χ0n) is 9.91. The summed E-state index contributed by atoms with van der Waals surface area (Å²) in [5.74, 6) is 0.542. The highest BCUT2D eigenvalue weighted by atomic mass is 32.2. The maximum atomic E-state index is 11.6. The van der Waals surface area contributed by atoms with Crippen molar-refractivity contribution in [1.29, 1.82) is 0 Å². The number of imidazole rings is 1. The van der Waals surface area contributed by atoms with Gasteiger partial charge >= 0.3 is 0 Å². The van der Waals surface area contributed by atoms with Gasteiger partial charge in [-0.1, -0.05) is 0 Å². The average Bonchev–Trinajstić information content (AvgIpc) is 2.70. The predicted octanol–water partition coefficient (Wildman–Crippen LogP) is 1.21. The Morgan fingerprint density at radius 1 is 1.44 bits per heavy atom. The van der Waals surface area contributed by atoms with Crippen LogP contribution in [0.25, 0.3) is 5.65 Å². The molecule has 0 aliphatic carbocycles. The molecule has 0 saturated carbocycles. The second-order valence-electron chi connectivity index (χ2n) is 4.84. The number of sulfone groups is 1. The van der Waals surface area contributed by atoms with Crippen molar-refractivity contribution in [3.05, 3.63) is 30.2 Å². The lowest BCUT2D eigenvalue weighted by Gasteiger charge is -2.19. The van der Waals surface area contributed by atoms with E-state index >= 15 is 0 Å². The van der Waals surface area contributed by atoms with Crippen LogP contribution in [0.5, 0.6) is 0 Å². The van der Waals surface area contributed by atoms with Crippen molar-refractivity contribution in [3.8, 4) is 0 Å². The van der Waals surface area contributed by atoms with Gasteiger partial charge in [-0.25, -0.2) is 13.4 Å². The molecule has 1 unspecified atom stereocenters. The van der Waals surface area contributed by atoms with E-state index in [9.17, 15) is 8.42 Å². The van der Waals surface area contributed by atoms with E-state index in [0.717, 1.165) is 24.2 Å². The Balaban J connectivity index is 1.99. The number of hydrogen-bond acceptors (Lipinski definition) is 4. The molecule has 3 rings (SSSR count). The van der Waals surface area contributed by atoms with E-state index in [0.29, 0.717) is 11.4 Å². The fourth-order valence-corrected chi connectivity index (χ4v) is 4.19.